The highest BCUT2D eigenvalue weighted by atomic mass is 16.2. The summed E-state index contributed by atoms with van der Waals surface area (Å²) in [6.07, 6.45) is 2.25. The molecule has 0 atom stereocenters. The Labute approximate surface area is 184 Å². The monoisotopic (exact) mass is 421 g/mol. The first-order valence-electron chi connectivity index (χ1n) is 10.3. The van der Waals surface area contributed by atoms with Crippen LogP contribution in [0.1, 0.15) is 36.6 Å². The maximum Gasteiger partial charge on any atom is 0.261 e. The molecule has 0 unspecified atom stereocenters. The molecule has 5 rings (SSSR count). The van der Waals surface area contributed by atoms with E-state index < -0.39 is 0 Å². The fourth-order valence-corrected chi connectivity index (χ4v) is 3.92. The van der Waals surface area contributed by atoms with Gasteiger partial charge < -0.3 is 5.32 Å². The Balaban J connectivity index is 1.36. The quantitative estimate of drug-likeness (QED) is 0.487. The number of pyridine rings is 1. The zero-order valence-electron chi connectivity index (χ0n) is 17.1. The summed E-state index contributed by atoms with van der Waals surface area (Å²) in [7, 11) is 0. The standard InChI is InChI=1S/C26H19N3O3/c30-24(28-22-10-4-8-18-9-5-14-27-23(18)22)19-11-12-20-21(16-19)26(32)29(25(20)31)15-13-17-6-2-1-3-7-17/h1-12,14,16H,13,15H2,(H,28,30). The third-order valence-corrected chi connectivity index (χ3v) is 5.58. The minimum absolute atomic E-state index is 0.256. The van der Waals surface area contributed by atoms with Crippen molar-refractivity contribution in [2.75, 3.05) is 11.9 Å². The van der Waals surface area contributed by atoms with Gasteiger partial charge >= 0.3 is 0 Å². The molecule has 0 fully saturated rings. The van der Waals surface area contributed by atoms with E-state index in [4.69, 9.17) is 0 Å². The summed E-state index contributed by atoms with van der Waals surface area (Å²) < 4.78 is 0. The first-order valence-corrected chi connectivity index (χ1v) is 10.3. The van der Waals surface area contributed by atoms with Crippen molar-refractivity contribution >= 4 is 34.3 Å². The minimum Gasteiger partial charge on any atom is -0.320 e. The van der Waals surface area contributed by atoms with Crippen molar-refractivity contribution in [2.45, 2.75) is 6.42 Å². The van der Waals surface area contributed by atoms with E-state index in [0.717, 1.165) is 10.9 Å². The number of hydrogen-bond acceptors (Lipinski definition) is 4. The first kappa shape index (κ1) is 19.6. The van der Waals surface area contributed by atoms with Gasteiger partial charge in [-0.25, -0.2) is 0 Å². The summed E-state index contributed by atoms with van der Waals surface area (Å²) >= 11 is 0. The lowest BCUT2D eigenvalue weighted by Gasteiger charge is -2.13. The topological polar surface area (TPSA) is 79.4 Å². The average molecular weight is 421 g/mol. The molecule has 2 heterocycles. The Kier molecular flexibility index (Phi) is 4.95. The SMILES string of the molecule is O=C(Nc1cccc2cccnc12)c1ccc2c(c1)C(=O)N(CCc1ccccc1)C2=O. The molecule has 6 heteroatoms. The molecule has 32 heavy (non-hydrogen) atoms. The van der Waals surface area contributed by atoms with Gasteiger partial charge in [-0.15, -0.1) is 0 Å². The van der Waals surface area contributed by atoms with Gasteiger partial charge in [0.1, 0.15) is 0 Å². The van der Waals surface area contributed by atoms with Crippen LogP contribution in [0.5, 0.6) is 0 Å². The number of imide groups is 1. The predicted octanol–water partition coefficient (Wildman–Crippen LogP) is 4.33. The number of carbonyl (C=O) groups is 3. The van der Waals surface area contributed by atoms with Gasteiger partial charge in [-0.2, -0.15) is 0 Å². The van der Waals surface area contributed by atoms with E-state index in [0.29, 0.717) is 35.3 Å². The molecule has 156 valence electrons. The van der Waals surface area contributed by atoms with Crippen molar-refractivity contribution in [2.24, 2.45) is 0 Å². The Morgan fingerprint density at radius 1 is 0.844 bits per heavy atom. The molecule has 3 amide bonds. The number of hydrogen-bond donors (Lipinski definition) is 1. The molecule has 1 aromatic heterocycles. The summed E-state index contributed by atoms with van der Waals surface area (Å²) in [5.41, 5.74) is 3.21. The fourth-order valence-electron chi connectivity index (χ4n) is 3.92. The highest BCUT2D eigenvalue weighted by molar-refractivity contribution is 6.22. The molecule has 0 aliphatic carbocycles. The second kappa shape index (κ2) is 8.07. The number of amides is 3. The molecule has 4 aromatic rings. The number of rotatable bonds is 5. The van der Waals surface area contributed by atoms with Crippen molar-refractivity contribution in [1.82, 2.24) is 9.88 Å². The van der Waals surface area contributed by atoms with Gasteiger partial charge in [0.25, 0.3) is 17.7 Å². The van der Waals surface area contributed by atoms with E-state index in [2.05, 4.69) is 10.3 Å². The van der Waals surface area contributed by atoms with Crippen LogP contribution < -0.4 is 5.32 Å². The largest absolute Gasteiger partial charge is 0.320 e. The van der Waals surface area contributed by atoms with Crippen LogP contribution in [0, 0.1) is 0 Å². The molecular weight excluding hydrogens is 402 g/mol. The summed E-state index contributed by atoms with van der Waals surface area (Å²) in [5, 5.41) is 3.78. The molecule has 0 radical (unpaired) electrons. The van der Waals surface area contributed by atoms with Crippen molar-refractivity contribution in [1.29, 1.82) is 0 Å². The summed E-state index contributed by atoms with van der Waals surface area (Å²) in [4.78, 5) is 44.1. The molecule has 3 aromatic carbocycles. The first-order chi connectivity index (χ1) is 15.6. The molecule has 0 bridgehead atoms. The molecule has 0 saturated heterocycles. The maximum absolute atomic E-state index is 12.9. The Morgan fingerprint density at radius 3 is 2.47 bits per heavy atom. The zero-order valence-corrected chi connectivity index (χ0v) is 17.1. The summed E-state index contributed by atoms with van der Waals surface area (Å²) in [6.45, 7) is 0.291. The van der Waals surface area contributed by atoms with E-state index in [1.54, 1.807) is 24.4 Å². The van der Waals surface area contributed by atoms with Gasteiger partial charge in [0.15, 0.2) is 0 Å². The van der Waals surface area contributed by atoms with Crippen LogP contribution in [0.2, 0.25) is 0 Å². The predicted molar refractivity (Wildman–Crippen MR) is 122 cm³/mol. The smallest absolute Gasteiger partial charge is 0.261 e. The van der Waals surface area contributed by atoms with Gasteiger partial charge in [-0.1, -0.05) is 48.5 Å². The second-order valence-electron chi connectivity index (χ2n) is 7.59. The number of anilines is 1. The number of aromatic nitrogens is 1. The van der Waals surface area contributed by atoms with Crippen LogP contribution in [0.15, 0.2) is 85.1 Å². The maximum atomic E-state index is 12.9. The van der Waals surface area contributed by atoms with E-state index in [1.165, 1.54) is 11.0 Å². The fraction of sp³-hybridized carbons (Fsp3) is 0.0769. The molecule has 0 saturated carbocycles. The van der Waals surface area contributed by atoms with Gasteiger partial charge in [0, 0.05) is 23.7 Å². The number of benzene rings is 3. The van der Waals surface area contributed by atoms with Crippen LogP contribution in [0.25, 0.3) is 10.9 Å². The second-order valence-corrected chi connectivity index (χ2v) is 7.59. The lowest BCUT2D eigenvalue weighted by atomic mass is 10.1. The summed E-state index contributed by atoms with van der Waals surface area (Å²) in [6, 6.07) is 23.6. The Bertz CT molecular complexity index is 1360. The van der Waals surface area contributed by atoms with E-state index in [9.17, 15) is 14.4 Å². The Hall–Kier alpha value is -4.32. The molecular formula is C26H19N3O3. The molecule has 1 aliphatic rings. The van der Waals surface area contributed by atoms with Gasteiger partial charge in [-0.05, 0) is 42.3 Å². The van der Waals surface area contributed by atoms with Gasteiger partial charge in [0.2, 0.25) is 0 Å². The third-order valence-electron chi connectivity index (χ3n) is 5.58. The normalized spacial score (nSPS) is 12.8. The van der Waals surface area contributed by atoms with Crippen molar-refractivity contribution in [3.63, 3.8) is 0 Å². The van der Waals surface area contributed by atoms with Crippen LogP contribution in [0.3, 0.4) is 0 Å². The van der Waals surface area contributed by atoms with Crippen LogP contribution in [-0.4, -0.2) is 34.2 Å². The van der Waals surface area contributed by atoms with E-state index in [-0.39, 0.29) is 23.3 Å². The van der Waals surface area contributed by atoms with Crippen molar-refractivity contribution < 1.29 is 14.4 Å². The number of nitrogens with one attached hydrogen (secondary N) is 1. The highest BCUT2D eigenvalue weighted by Crippen LogP contribution is 2.26. The van der Waals surface area contributed by atoms with Crippen molar-refractivity contribution in [3.8, 4) is 0 Å². The number of para-hydroxylation sites is 1. The molecule has 6 nitrogen and oxygen atoms in total. The van der Waals surface area contributed by atoms with Gasteiger partial charge in [-0.3, -0.25) is 24.3 Å². The molecule has 0 spiro atoms. The number of carbonyl (C=O) groups excluding carboxylic acids is 3. The van der Waals surface area contributed by atoms with Crippen LogP contribution in [0.4, 0.5) is 5.69 Å². The van der Waals surface area contributed by atoms with E-state index >= 15 is 0 Å². The average Bonchev–Trinajstić information content (AvgIpc) is 3.07. The molecule has 1 N–H and O–H groups in total. The van der Waals surface area contributed by atoms with Crippen LogP contribution >= 0.6 is 0 Å². The Morgan fingerprint density at radius 2 is 1.62 bits per heavy atom. The van der Waals surface area contributed by atoms with E-state index in [1.807, 2.05) is 54.6 Å². The molecule has 1 aliphatic heterocycles. The third kappa shape index (κ3) is 3.52. The minimum atomic E-state index is -0.373. The number of fused-ring (bicyclic) bond motifs is 2. The lowest BCUT2D eigenvalue weighted by Crippen LogP contribution is -2.31. The zero-order chi connectivity index (χ0) is 22.1. The van der Waals surface area contributed by atoms with Crippen LogP contribution in [-0.2, 0) is 6.42 Å². The number of nitrogens with zero attached hydrogens (tertiary/aromatic N) is 2. The van der Waals surface area contributed by atoms with Gasteiger partial charge in [0.05, 0.1) is 22.3 Å². The highest BCUT2D eigenvalue weighted by Gasteiger charge is 2.35. The van der Waals surface area contributed by atoms with Crippen molar-refractivity contribution in [3.05, 3.63) is 107 Å². The lowest BCUT2D eigenvalue weighted by molar-refractivity contribution is 0.0656. The summed E-state index contributed by atoms with van der Waals surface area (Å²) in [5.74, 6) is -1.07.